The number of alkyl halides is 13. The van der Waals surface area contributed by atoms with Gasteiger partial charge in [0.05, 0.1) is 5.56 Å². The molecule has 1 aromatic carbocycles. The van der Waals surface area contributed by atoms with Gasteiger partial charge in [-0.05, 0) is 12.1 Å². The Bertz CT molecular complexity index is 839. The van der Waals surface area contributed by atoms with Crippen molar-refractivity contribution in [2.24, 2.45) is 0 Å². The molecule has 0 amide bonds. The van der Waals surface area contributed by atoms with E-state index in [1.807, 2.05) is 0 Å². The number of aldehydes is 1. The lowest BCUT2D eigenvalue weighted by Gasteiger charge is -2.33. The minimum absolute atomic E-state index is 0.0958. The van der Waals surface area contributed by atoms with E-state index in [1.54, 1.807) is 4.74 Å². The zero-order valence-electron chi connectivity index (χ0n) is 14.9. The second-order valence-corrected chi connectivity index (χ2v) is 5.58. The molecule has 0 heterocycles. The maximum Gasteiger partial charge on any atom is 0.527 e. The van der Waals surface area contributed by atoms with Gasteiger partial charge in [0.2, 0.25) is 0 Å². The number of ether oxygens (including phenoxy) is 4. The van der Waals surface area contributed by atoms with E-state index in [0.29, 0.717) is 12.1 Å². The summed E-state index contributed by atoms with van der Waals surface area (Å²) in [4.78, 5) is 10.5. The molecule has 6 nitrogen and oxygen atoms in total. The number of rotatable bonds is 11. The molecule has 0 atom stereocenters. The van der Waals surface area contributed by atoms with Crippen molar-refractivity contribution < 1.29 is 85.9 Å². The summed E-state index contributed by atoms with van der Waals surface area (Å²) in [7, 11) is 0. The Labute approximate surface area is 172 Å². The Kier molecular flexibility index (Phi) is 7.78. The predicted octanol–water partition coefficient (Wildman–Crippen LogP) is 5.12. The van der Waals surface area contributed by atoms with Gasteiger partial charge in [0.15, 0.2) is 12.9 Å². The molecule has 33 heavy (non-hydrogen) atoms. The van der Waals surface area contributed by atoms with E-state index in [0.717, 1.165) is 6.07 Å². The summed E-state index contributed by atoms with van der Waals surface area (Å²) in [6.45, 7) is -2.39. The van der Waals surface area contributed by atoms with Crippen LogP contribution in [0.4, 0.5) is 57.1 Å². The molecule has 0 aliphatic heterocycles. The Morgan fingerprint density at radius 1 is 0.727 bits per heavy atom. The summed E-state index contributed by atoms with van der Waals surface area (Å²) in [6, 6.07) is 1.97. The van der Waals surface area contributed by atoms with E-state index < -0.39 is 55.0 Å². The maximum absolute atomic E-state index is 13.4. The number of hydrogen-bond acceptors (Lipinski definition) is 6. The van der Waals surface area contributed by atoms with Gasteiger partial charge in [-0.2, -0.15) is 43.9 Å². The normalized spacial score (nSPS) is 14.3. The van der Waals surface area contributed by atoms with Gasteiger partial charge in [-0.25, -0.2) is 14.2 Å². The van der Waals surface area contributed by atoms with Crippen LogP contribution in [0.3, 0.4) is 0 Å². The highest BCUT2D eigenvalue weighted by Crippen LogP contribution is 2.48. The Morgan fingerprint density at radius 2 is 1.18 bits per heavy atom. The molecule has 0 aliphatic rings. The third-order valence-corrected chi connectivity index (χ3v) is 2.99. The molecule has 19 heteroatoms. The van der Waals surface area contributed by atoms with Crippen LogP contribution in [0, 0.1) is 0 Å². The van der Waals surface area contributed by atoms with Crippen LogP contribution in [0.5, 0.6) is 11.5 Å². The topological polar surface area (TPSA) is 74.2 Å². The number of aromatic hydroxyl groups is 1. The highest BCUT2D eigenvalue weighted by atomic mass is 19.4. The van der Waals surface area contributed by atoms with Gasteiger partial charge in [-0.15, -0.1) is 13.2 Å². The monoisotopic (exact) mass is 518 g/mol. The van der Waals surface area contributed by atoms with E-state index >= 15 is 0 Å². The second-order valence-electron chi connectivity index (χ2n) is 5.58. The third-order valence-electron chi connectivity index (χ3n) is 2.99. The molecule has 190 valence electrons. The predicted molar refractivity (Wildman–Crippen MR) is 73.0 cm³/mol. The van der Waals surface area contributed by atoms with Crippen LogP contribution in [0.1, 0.15) is 10.4 Å². The summed E-state index contributed by atoms with van der Waals surface area (Å²) in [5.74, 6) is -1.63. The quantitative estimate of drug-likeness (QED) is 0.324. The molecule has 1 rings (SSSR count). The number of phenols is 1. The van der Waals surface area contributed by atoms with Gasteiger partial charge in [0, 0.05) is 6.07 Å². The smallest absolute Gasteiger partial charge is 0.507 e. The van der Waals surface area contributed by atoms with E-state index in [-0.39, 0.29) is 11.8 Å². The minimum Gasteiger partial charge on any atom is -0.507 e. The number of carbonyl (C=O) groups is 1. The van der Waals surface area contributed by atoms with Crippen LogP contribution in [0.25, 0.3) is 0 Å². The molecule has 0 fully saturated rings. The summed E-state index contributed by atoms with van der Waals surface area (Å²) >= 11 is 0. The largest absolute Gasteiger partial charge is 0.527 e. The number of hydrogen-bond donors (Lipinski definition) is 1. The third kappa shape index (κ3) is 7.49. The van der Waals surface area contributed by atoms with Crippen molar-refractivity contribution in [1.82, 2.24) is 0 Å². The molecule has 0 radical (unpaired) electrons. The lowest BCUT2D eigenvalue weighted by Crippen LogP contribution is -2.57. The fourth-order valence-corrected chi connectivity index (χ4v) is 1.64. The van der Waals surface area contributed by atoms with Gasteiger partial charge in [0.1, 0.15) is 11.5 Å². The molecule has 0 spiro atoms. The van der Waals surface area contributed by atoms with Gasteiger partial charge in [0.25, 0.3) is 0 Å². The van der Waals surface area contributed by atoms with Gasteiger partial charge in [-0.3, -0.25) is 4.79 Å². The molecule has 0 aromatic heterocycles. The molecule has 0 saturated heterocycles. The molecule has 1 N–H and O–H groups in total. The minimum atomic E-state index is -7.14. The Morgan fingerprint density at radius 3 is 1.61 bits per heavy atom. The average Bonchev–Trinajstić information content (AvgIpc) is 2.56. The van der Waals surface area contributed by atoms with Crippen molar-refractivity contribution in [1.29, 1.82) is 0 Å². The highest BCUT2D eigenvalue weighted by Gasteiger charge is 2.74. The standard InChI is InChI=1S/C14H7F13O6/c15-9(16,5-30-7-2-1-6(4-28)8(29)3-7)31-10(17,18)11(19,20)32-12(21,22)13(23,24)33-14(25,26)27/h1-4,29H,5H2. The summed E-state index contributed by atoms with van der Waals surface area (Å²) in [6.07, 6.45) is -40.1. The SMILES string of the molecule is O=Cc1ccc(OCC(F)(F)OC(F)(F)C(F)(F)OC(F)(F)C(F)(F)OC(F)(F)F)cc1O. The highest BCUT2D eigenvalue weighted by molar-refractivity contribution is 5.79. The van der Waals surface area contributed by atoms with Crippen LogP contribution < -0.4 is 4.74 Å². The van der Waals surface area contributed by atoms with Crippen LogP contribution >= 0.6 is 0 Å². The zero-order chi connectivity index (χ0) is 26.1. The lowest BCUT2D eigenvalue weighted by atomic mass is 10.2. The van der Waals surface area contributed by atoms with Crippen molar-refractivity contribution in [2.75, 3.05) is 6.61 Å². The van der Waals surface area contributed by atoms with Crippen LogP contribution in [-0.2, 0) is 14.2 Å². The van der Waals surface area contributed by atoms with Crippen LogP contribution in [0.2, 0.25) is 0 Å². The first-order chi connectivity index (χ1) is 14.5. The molecule has 0 aliphatic carbocycles. The van der Waals surface area contributed by atoms with E-state index in [2.05, 4.69) is 9.47 Å². The molecule has 1 aromatic rings. The first-order valence-corrected chi connectivity index (χ1v) is 7.51. The summed E-state index contributed by atoms with van der Waals surface area (Å²) in [5, 5.41) is 9.28. The fraction of sp³-hybridized carbons (Fsp3) is 0.500. The molecule has 0 bridgehead atoms. The number of phenolic OH excluding ortho intramolecular Hbond substituents is 1. The second kappa shape index (κ2) is 9.01. The molecular weight excluding hydrogens is 511 g/mol. The van der Waals surface area contributed by atoms with E-state index in [1.165, 1.54) is 4.74 Å². The van der Waals surface area contributed by atoms with Crippen molar-refractivity contribution in [3.05, 3.63) is 23.8 Å². The van der Waals surface area contributed by atoms with Gasteiger partial charge >= 0.3 is 36.9 Å². The lowest BCUT2D eigenvalue weighted by molar-refractivity contribution is -0.564. The number of benzene rings is 1. The van der Waals surface area contributed by atoms with Crippen molar-refractivity contribution >= 4 is 6.29 Å². The first-order valence-electron chi connectivity index (χ1n) is 7.51. The maximum atomic E-state index is 13.4. The summed E-state index contributed by atoms with van der Waals surface area (Å²) in [5.41, 5.74) is -0.388. The van der Waals surface area contributed by atoms with Crippen molar-refractivity contribution in [2.45, 2.75) is 36.9 Å². The molecule has 0 unspecified atom stereocenters. The Balaban J connectivity index is 2.95. The molecular formula is C14H7F13O6. The first kappa shape index (κ1) is 28.5. The fourth-order valence-electron chi connectivity index (χ4n) is 1.64. The van der Waals surface area contributed by atoms with Gasteiger partial charge < -0.3 is 9.84 Å². The Hall–Kier alpha value is -2.54. The zero-order valence-corrected chi connectivity index (χ0v) is 14.9. The van der Waals surface area contributed by atoms with Crippen molar-refractivity contribution in [3.63, 3.8) is 0 Å². The molecule has 0 saturated carbocycles. The van der Waals surface area contributed by atoms with E-state index in [4.69, 9.17) is 0 Å². The van der Waals surface area contributed by atoms with Crippen LogP contribution in [-0.4, -0.2) is 54.9 Å². The van der Waals surface area contributed by atoms with Gasteiger partial charge in [-0.1, -0.05) is 0 Å². The van der Waals surface area contributed by atoms with Crippen molar-refractivity contribution in [3.8, 4) is 11.5 Å². The average molecular weight is 518 g/mol. The number of halogens is 13. The number of carbonyl (C=O) groups excluding carboxylic acids is 1. The summed E-state index contributed by atoms with van der Waals surface area (Å²) < 4.78 is 176. The van der Waals surface area contributed by atoms with E-state index in [9.17, 15) is 67.0 Å². The van der Waals surface area contributed by atoms with Crippen LogP contribution in [0.15, 0.2) is 18.2 Å².